The van der Waals surface area contributed by atoms with Gasteiger partial charge in [0.2, 0.25) is 0 Å². The van der Waals surface area contributed by atoms with Gasteiger partial charge in [-0.05, 0) is 118 Å². The third-order valence-electron chi connectivity index (χ3n) is 12.5. The Morgan fingerprint density at radius 2 is 0.983 bits per heavy atom. The molecule has 0 saturated heterocycles. The number of hydrogen-bond acceptors (Lipinski definition) is 1. The van der Waals surface area contributed by atoms with Crippen molar-refractivity contribution in [3.8, 4) is 33.6 Å². The van der Waals surface area contributed by atoms with E-state index in [4.69, 9.17) is 4.42 Å². The summed E-state index contributed by atoms with van der Waals surface area (Å²) in [5, 5.41) is 9.88. The van der Waals surface area contributed by atoms with E-state index < -0.39 is 0 Å². The lowest BCUT2D eigenvalue weighted by Gasteiger charge is -2.11. The fourth-order valence-electron chi connectivity index (χ4n) is 9.65. The smallest absolute Gasteiger partial charge is 0.139 e. The lowest BCUT2D eigenvalue weighted by atomic mass is 9.95. The standard InChI is InChI=1S/C56H40N2O/c1-2-3-12-38-24-30-44(55-47-17-8-11-20-54(47)59-56(38)55)37-22-27-42(28-23-37)57-50-18-9-6-15-45(50)48-34-40(25-31-52(48)57)41-26-32-53-49(35-41)46-16-7-10-19-51(46)58(53)43-29-21-36-13-4-5-14-39(36)33-43/h4-11,13-35H,2-3,12H2,1H3. The van der Waals surface area contributed by atoms with Crippen molar-refractivity contribution in [1.29, 1.82) is 0 Å². The lowest BCUT2D eigenvalue weighted by Crippen LogP contribution is -1.94. The SMILES string of the molecule is CCCCc1ccc(-c2ccc(-n3c4ccccc4c4cc(-c5ccc6c(c5)c5ccccc5n6-c5ccc6ccccc6c5)ccc43)cc2)c2c1oc1ccccc12. The Labute approximate surface area is 342 Å². The van der Waals surface area contributed by atoms with Crippen LogP contribution in [0.4, 0.5) is 0 Å². The molecule has 0 bridgehead atoms. The third-order valence-corrected chi connectivity index (χ3v) is 12.5. The number of benzene rings is 9. The highest BCUT2D eigenvalue weighted by atomic mass is 16.3. The van der Waals surface area contributed by atoms with E-state index in [0.717, 1.165) is 36.1 Å². The molecule has 0 saturated carbocycles. The van der Waals surface area contributed by atoms with Crippen molar-refractivity contribution in [1.82, 2.24) is 9.13 Å². The normalized spacial score (nSPS) is 12.0. The first-order valence-electron chi connectivity index (χ1n) is 20.8. The first-order chi connectivity index (χ1) is 29.2. The summed E-state index contributed by atoms with van der Waals surface area (Å²) in [5.74, 6) is 0. The predicted octanol–water partition coefficient (Wildman–Crippen LogP) is 15.6. The number of aromatic nitrogens is 2. The van der Waals surface area contributed by atoms with Gasteiger partial charge >= 0.3 is 0 Å². The molecule has 0 unspecified atom stereocenters. The molecule has 3 heteroatoms. The quantitative estimate of drug-likeness (QED) is 0.159. The van der Waals surface area contributed by atoms with E-state index in [1.807, 2.05) is 0 Å². The van der Waals surface area contributed by atoms with Gasteiger partial charge in [0, 0.05) is 43.7 Å². The highest BCUT2D eigenvalue weighted by molar-refractivity contribution is 6.14. The number of rotatable bonds is 7. The van der Waals surface area contributed by atoms with Gasteiger partial charge in [-0.3, -0.25) is 0 Å². The fourth-order valence-corrected chi connectivity index (χ4v) is 9.65. The molecule has 0 aliphatic rings. The van der Waals surface area contributed by atoms with Crippen LogP contribution in [0.2, 0.25) is 0 Å². The molecule has 0 aliphatic carbocycles. The molecule has 9 aromatic carbocycles. The Bertz CT molecular complexity index is 3600. The van der Waals surface area contributed by atoms with Crippen LogP contribution in [0.25, 0.3) is 110 Å². The molecule has 0 spiro atoms. The predicted molar refractivity (Wildman–Crippen MR) is 249 cm³/mol. The molecule has 12 rings (SSSR count). The van der Waals surface area contributed by atoms with Gasteiger partial charge in [0.25, 0.3) is 0 Å². The van der Waals surface area contributed by atoms with E-state index >= 15 is 0 Å². The minimum atomic E-state index is 0.946. The maximum atomic E-state index is 6.53. The van der Waals surface area contributed by atoms with Crippen LogP contribution in [0, 0.1) is 0 Å². The number of nitrogens with zero attached hydrogens (tertiary/aromatic N) is 2. The molecule has 0 atom stereocenters. The second-order valence-corrected chi connectivity index (χ2v) is 15.9. The van der Waals surface area contributed by atoms with Gasteiger partial charge in [0.15, 0.2) is 0 Å². The molecule has 0 radical (unpaired) electrons. The van der Waals surface area contributed by atoms with Crippen LogP contribution in [-0.2, 0) is 6.42 Å². The Hall–Kier alpha value is -7.36. The maximum Gasteiger partial charge on any atom is 0.139 e. The van der Waals surface area contributed by atoms with Crippen molar-refractivity contribution in [2.75, 3.05) is 0 Å². The minimum Gasteiger partial charge on any atom is -0.456 e. The van der Waals surface area contributed by atoms with Crippen LogP contribution < -0.4 is 0 Å². The average molecular weight is 757 g/mol. The molecule has 280 valence electrons. The Kier molecular flexibility index (Phi) is 7.64. The molecule has 12 aromatic rings. The molecule has 59 heavy (non-hydrogen) atoms. The van der Waals surface area contributed by atoms with Gasteiger partial charge in [-0.25, -0.2) is 0 Å². The van der Waals surface area contributed by atoms with Gasteiger partial charge < -0.3 is 13.6 Å². The van der Waals surface area contributed by atoms with Crippen molar-refractivity contribution >= 4 is 76.3 Å². The van der Waals surface area contributed by atoms with Crippen molar-refractivity contribution in [3.05, 3.63) is 194 Å². The Morgan fingerprint density at radius 1 is 0.424 bits per heavy atom. The number of aryl methyl sites for hydroxylation is 1. The Balaban J connectivity index is 0.961. The zero-order chi connectivity index (χ0) is 39.0. The highest BCUT2D eigenvalue weighted by Crippen LogP contribution is 2.41. The Morgan fingerprint density at radius 3 is 1.68 bits per heavy atom. The van der Waals surface area contributed by atoms with Gasteiger partial charge in [0.1, 0.15) is 11.2 Å². The fraction of sp³-hybridized carbons (Fsp3) is 0.0714. The average Bonchev–Trinajstić information content (AvgIpc) is 3.96. The van der Waals surface area contributed by atoms with E-state index in [9.17, 15) is 0 Å². The molecular weight excluding hydrogens is 717 g/mol. The molecule has 0 N–H and O–H groups in total. The van der Waals surface area contributed by atoms with Gasteiger partial charge in [-0.2, -0.15) is 0 Å². The molecule has 3 heterocycles. The van der Waals surface area contributed by atoms with Crippen LogP contribution in [0.3, 0.4) is 0 Å². The van der Waals surface area contributed by atoms with Crippen LogP contribution in [-0.4, -0.2) is 9.13 Å². The van der Waals surface area contributed by atoms with Crippen molar-refractivity contribution in [3.63, 3.8) is 0 Å². The summed E-state index contributed by atoms with van der Waals surface area (Å²) in [7, 11) is 0. The number of unbranched alkanes of at least 4 members (excludes halogenated alkanes) is 1. The van der Waals surface area contributed by atoms with E-state index in [-0.39, 0.29) is 0 Å². The monoisotopic (exact) mass is 756 g/mol. The summed E-state index contributed by atoms with van der Waals surface area (Å²) in [6.07, 6.45) is 3.32. The third kappa shape index (κ3) is 5.28. The van der Waals surface area contributed by atoms with Crippen LogP contribution in [0.5, 0.6) is 0 Å². The molecule has 0 aliphatic heterocycles. The molecule has 0 fully saturated rings. The first kappa shape index (κ1) is 33.7. The van der Waals surface area contributed by atoms with E-state index in [0.29, 0.717) is 0 Å². The van der Waals surface area contributed by atoms with Crippen LogP contribution in [0.1, 0.15) is 25.3 Å². The summed E-state index contributed by atoms with van der Waals surface area (Å²) < 4.78 is 11.4. The van der Waals surface area contributed by atoms with E-state index in [2.05, 4.69) is 204 Å². The van der Waals surface area contributed by atoms with E-state index in [1.54, 1.807) is 0 Å². The summed E-state index contributed by atoms with van der Waals surface area (Å²) in [6.45, 7) is 2.25. The molecule has 3 nitrogen and oxygen atoms in total. The summed E-state index contributed by atoms with van der Waals surface area (Å²) in [4.78, 5) is 0. The highest BCUT2D eigenvalue weighted by Gasteiger charge is 2.19. The lowest BCUT2D eigenvalue weighted by molar-refractivity contribution is 0.658. The van der Waals surface area contributed by atoms with E-state index in [1.165, 1.54) is 98.7 Å². The van der Waals surface area contributed by atoms with Crippen molar-refractivity contribution in [2.45, 2.75) is 26.2 Å². The van der Waals surface area contributed by atoms with Crippen LogP contribution >= 0.6 is 0 Å². The van der Waals surface area contributed by atoms with Crippen molar-refractivity contribution < 1.29 is 4.42 Å². The second kappa shape index (κ2) is 13.4. The minimum absolute atomic E-state index is 0.946. The summed E-state index contributed by atoms with van der Waals surface area (Å²) in [5.41, 5.74) is 15.2. The number of para-hydroxylation sites is 3. The number of hydrogen-bond donors (Lipinski definition) is 0. The van der Waals surface area contributed by atoms with Gasteiger partial charge in [-0.15, -0.1) is 0 Å². The van der Waals surface area contributed by atoms with Crippen LogP contribution in [0.15, 0.2) is 192 Å². The molecule has 3 aromatic heterocycles. The van der Waals surface area contributed by atoms with Gasteiger partial charge in [-0.1, -0.05) is 135 Å². The second-order valence-electron chi connectivity index (χ2n) is 15.9. The maximum absolute atomic E-state index is 6.53. The molecule has 0 amide bonds. The number of furan rings is 1. The molecular formula is C56H40N2O. The summed E-state index contributed by atoms with van der Waals surface area (Å²) in [6, 6.07) is 69.0. The first-order valence-corrected chi connectivity index (χ1v) is 20.8. The zero-order valence-corrected chi connectivity index (χ0v) is 32.8. The van der Waals surface area contributed by atoms with Gasteiger partial charge in [0.05, 0.1) is 22.1 Å². The topological polar surface area (TPSA) is 23.0 Å². The summed E-state index contributed by atoms with van der Waals surface area (Å²) >= 11 is 0. The van der Waals surface area contributed by atoms with Crippen molar-refractivity contribution in [2.24, 2.45) is 0 Å². The zero-order valence-electron chi connectivity index (χ0n) is 32.8. The number of fused-ring (bicyclic) bond motifs is 10. The largest absolute Gasteiger partial charge is 0.456 e.